The molecule has 0 saturated carbocycles. The first kappa shape index (κ1) is 16.0. The van der Waals surface area contributed by atoms with Crippen LogP contribution >= 0.6 is 0 Å². The van der Waals surface area contributed by atoms with E-state index in [0.29, 0.717) is 13.2 Å². The Morgan fingerprint density at radius 1 is 1.26 bits per heavy atom. The van der Waals surface area contributed by atoms with Gasteiger partial charge in [-0.05, 0) is 19.1 Å². The molecular weight excluding hydrogens is 344 g/mol. The quantitative estimate of drug-likeness (QED) is 0.576. The Labute approximate surface area is 155 Å². The van der Waals surface area contributed by atoms with Gasteiger partial charge in [-0.1, -0.05) is 0 Å². The molecule has 1 unspecified atom stereocenters. The highest BCUT2D eigenvalue weighted by molar-refractivity contribution is 5.99. The molecule has 0 amide bonds. The number of morpholine rings is 1. The van der Waals surface area contributed by atoms with Crippen molar-refractivity contribution in [2.45, 2.75) is 13.0 Å². The summed E-state index contributed by atoms with van der Waals surface area (Å²) in [5.41, 5.74) is 5.30. The fraction of sp³-hybridized carbons (Fsp3) is 0.333. The summed E-state index contributed by atoms with van der Waals surface area (Å²) in [7, 11) is 1.98. The maximum Gasteiger partial charge on any atom is 0.130 e. The standard InChI is InChI=1S/C18H20N8O/c1-11-9-27-6-5-26(11)15-7-12(14-8-19-10-25(14)2)16-18(21-15)17(24-23-16)13-3-4-20-22-13/h3-4,7-8,10-11H,5-6,9H2,1-2H3,(H,20,22)(H,23,24). The Hall–Kier alpha value is -3.20. The minimum atomic E-state index is 0.255. The molecule has 0 radical (unpaired) electrons. The second kappa shape index (κ2) is 6.20. The van der Waals surface area contributed by atoms with E-state index >= 15 is 0 Å². The summed E-state index contributed by atoms with van der Waals surface area (Å²) >= 11 is 0. The van der Waals surface area contributed by atoms with E-state index in [1.54, 1.807) is 12.5 Å². The average Bonchev–Trinajstić information content (AvgIpc) is 3.41. The van der Waals surface area contributed by atoms with E-state index in [1.807, 2.05) is 23.9 Å². The Balaban J connectivity index is 1.76. The van der Waals surface area contributed by atoms with E-state index in [-0.39, 0.29) is 6.04 Å². The molecule has 5 heterocycles. The van der Waals surface area contributed by atoms with Gasteiger partial charge in [0.2, 0.25) is 0 Å². The minimum Gasteiger partial charge on any atom is -0.377 e. The van der Waals surface area contributed by atoms with Crippen LogP contribution in [-0.4, -0.2) is 60.7 Å². The van der Waals surface area contributed by atoms with Gasteiger partial charge in [0.15, 0.2) is 0 Å². The van der Waals surface area contributed by atoms with Crippen LogP contribution in [0.25, 0.3) is 33.7 Å². The lowest BCUT2D eigenvalue weighted by atomic mass is 10.1. The molecular formula is C18H20N8O. The summed E-state index contributed by atoms with van der Waals surface area (Å²) in [6.07, 6.45) is 5.37. The third kappa shape index (κ3) is 2.58. The predicted molar refractivity (Wildman–Crippen MR) is 101 cm³/mol. The number of aromatic nitrogens is 7. The average molecular weight is 364 g/mol. The molecule has 0 aromatic carbocycles. The predicted octanol–water partition coefficient (Wildman–Crippen LogP) is 1.97. The number of aryl methyl sites for hydroxylation is 1. The van der Waals surface area contributed by atoms with E-state index < -0.39 is 0 Å². The van der Waals surface area contributed by atoms with Gasteiger partial charge in [-0.2, -0.15) is 10.2 Å². The number of imidazole rings is 1. The molecule has 1 aliphatic rings. The molecule has 9 heteroatoms. The van der Waals surface area contributed by atoms with Crippen molar-refractivity contribution in [1.29, 1.82) is 0 Å². The first-order valence-electron chi connectivity index (χ1n) is 8.92. The van der Waals surface area contributed by atoms with Crippen LogP contribution in [0.5, 0.6) is 0 Å². The van der Waals surface area contributed by atoms with E-state index in [2.05, 4.69) is 43.3 Å². The van der Waals surface area contributed by atoms with Crippen LogP contribution in [0.3, 0.4) is 0 Å². The molecule has 1 saturated heterocycles. The zero-order valence-electron chi connectivity index (χ0n) is 15.2. The highest BCUT2D eigenvalue weighted by Crippen LogP contribution is 2.34. The second-order valence-corrected chi connectivity index (χ2v) is 6.80. The number of pyridine rings is 1. The van der Waals surface area contributed by atoms with Crippen molar-refractivity contribution >= 4 is 16.9 Å². The van der Waals surface area contributed by atoms with Gasteiger partial charge in [0, 0.05) is 25.4 Å². The molecule has 0 aliphatic carbocycles. The number of hydrogen-bond donors (Lipinski definition) is 2. The van der Waals surface area contributed by atoms with Crippen molar-refractivity contribution in [1.82, 2.24) is 34.9 Å². The summed E-state index contributed by atoms with van der Waals surface area (Å²) in [4.78, 5) is 11.5. The van der Waals surface area contributed by atoms with E-state index in [1.165, 1.54) is 0 Å². The van der Waals surface area contributed by atoms with Gasteiger partial charge in [0.05, 0.1) is 43.2 Å². The maximum atomic E-state index is 5.59. The molecule has 0 spiro atoms. The number of aromatic amines is 2. The van der Waals surface area contributed by atoms with Crippen LogP contribution in [0.4, 0.5) is 5.82 Å². The van der Waals surface area contributed by atoms with Crippen molar-refractivity contribution in [2.75, 3.05) is 24.7 Å². The monoisotopic (exact) mass is 364 g/mol. The van der Waals surface area contributed by atoms with E-state index in [9.17, 15) is 0 Å². The number of ether oxygens (including phenoxy) is 1. The van der Waals surface area contributed by atoms with E-state index in [4.69, 9.17) is 9.72 Å². The lowest BCUT2D eigenvalue weighted by molar-refractivity contribution is 0.0986. The third-order valence-electron chi connectivity index (χ3n) is 5.02. The molecule has 0 bridgehead atoms. The Morgan fingerprint density at radius 3 is 2.93 bits per heavy atom. The number of H-pyrrole nitrogens is 2. The SMILES string of the molecule is CC1COCCN1c1cc(-c2cncn2C)c2n[nH]c(-c3ccn[nH]3)c2n1. The van der Waals surface area contributed by atoms with Crippen LogP contribution in [-0.2, 0) is 11.8 Å². The van der Waals surface area contributed by atoms with Crippen LogP contribution in [0.1, 0.15) is 6.92 Å². The summed E-state index contributed by atoms with van der Waals surface area (Å²) in [6.45, 7) is 4.35. The fourth-order valence-electron chi connectivity index (χ4n) is 3.59. The number of rotatable bonds is 3. The van der Waals surface area contributed by atoms with Gasteiger partial charge in [-0.3, -0.25) is 10.2 Å². The molecule has 138 valence electrons. The van der Waals surface area contributed by atoms with Crippen molar-refractivity contribution in [3.05, 3.63) is 30.9 Å². The summed E-state index contributed by atoms with van der Waals surface area (Å²) in [6, 6.07) is 4.26. The first-order chi connectivity index (χ1) is 13.2. The molecule has 1 atom stereocenters. The molecule has 9 nitrogen and oxygen atoms in total. The van der Waals surface area contributed by atoms with Crippen LogP contribution in [0.2, 0.25) is 0 Å². The van der Waals surface area contributed by atoms with Crippen molar-refractivity contribution < 1.29 is 4.74 Å². The summed E-state index contributed by atoms with van der Waals surface area (Å²) in [5, 5.41) is 14.7. The number of hydrogen-bond acceptors (Lipinski definition) is 6. The normalized spacial score (nSPS) is 17.7. The van der Waals surface area contributed by atoms with Gasteiger partial charge in [0.25, 0.3) is 0 Å². The molecule has 27 heavy (non-hydrogen) atoms. The minimum absolute atomic E-state index is 0.255. The molecule has 2 N–H and O–H groups in total. The zero-order valence-corrected chi connectivity index (χ0v) is 15.2. The molecule has 1 aliphatic heterocycles. The Morgan fingerprint density at radius 2 is 2.19 bits per heavy atom. The highest BCUT2D eigenvalue weighted by atomic mass is 16.5. The first-order valence-corrected chi connectivity index (χ1v) is 8.92. The summed E-state index contributed by atoms with van der Waals surface area (Å²) < 4.78 is 7.59. The molecule has 1 fully saturated rings. The third-order valence-corrected chi connectivity index (χ3v) is 5.02. The number of nitrogens with zero attached hydrogens (tertiary/aromatic N) is 6. The maximum absolute atomic E-state index is 5.59. The highest BCUT2D eigenvalue weighted by Gasteiger charge is 2.24. The van der Waals surface area contributed by atoms with Gasteiger partial charge in [-0.15, -0.1) is 0 Å². The Bertz CT molecular complexity index is 1080. The number of anilines is 1. The largest absolute Gasteiger partial charge is 0.377 e. The van der Waals surface area contributed by atoms with Crippen molar-refractivity contribution in [2.24, 2.45) is 7.05 Å². The van der Waals surface area contributed by atoms with Gasteiger partial charge in [0.1, 0.15) is 22.5 Å². The summed E-state index contributed by atoms with van der Waals surface area (Å²) in [5.74, 6) is 0.914. The zero-order chi connectivity index (χ0) is 18.4. The smallest absolute Gasteiger partial charge is 0.130 e. The number of fused-ring (bicyclic) bond motifs is 1. The lowest BCUT2D eigenvalue weighted by Gasteiger charge is -2.34. The fourth-order valence-corrected chi connectivity index (χ4v) is 3.59. The van der Waals surface area contributed by atoms with Gasteiger partial charge in [-0.25, -0.2) is 9.97 Å². The van der Waals surface area contributed by atoms with Gasteiger partial charge >= 0.3 is 0 Å². The topological polar surface area (TPSA) is 101 Å². The second-order valence-electron chi connectivity index (χ2n) is 6.80. The van der Waals surface area contributed by atoms with Gasteiger partial charge < -0.3 is 14.2 Å². The van der Waals surface area contributed by atoms with Crippen LogP contribution in [0, 0.1) is 0 Å². The number of nitrogens with one attached hydrogen (secondary N) is 2. The van der Waals surface area contributed by atoms with Crippen LogP contribution in [0.15, 0.2) is 30.9 Å². The van der Waals surface area contributed by atoms with E-state index in [0.717, 1.165) is 46.0 Å². The van der Waals surface area contributed by atoms with Crippen molar-refractivity contribution in [3.8, 4) is 22.6 Å². The Kier molecular flexibility index (Phi) is 3.68. The molecule has 4 aromatic rings. The molecule has 5 rings (SSSR count). The molecule has 4 aromatic heterocycles. The van der Waals surface area contributed by atoms with Crippen molar-refractivity contribution in [3.63, 3.8) is 0 Å². The van der Waals surface area contributed by atoms with Crippen LogP contribution < -0.4 is 4.90 Å². The lowest BCUT2D eigenvalue weighted by Crippen LogP contribution is -2.44.